The highest BCUT2D eigenvalue weighted by Crippen LogP contribution is 2.42. The molecule has 0 bridgehead atoms. The molecule has 4 N–H and O–H groups in total. The molecule has 116 valence electrons. The summed E-state index contributed by atoms with van der Waals surface area (Å²) in [5.74, 6) is -1.27. The zero-order chi connectivity index (χ0) is 15.5. The molecule has 20 heavy (non-hydrogen) atoms. The Labute approximate surface area is 118 Å². The predicted octanol–water partition coefficient (Wildman–Crippen LogP) is 0.323. The SMILES string of the molecule is CCOC1CC(NC(=O)NC(C(=O)O)C(C)O)C1(C)C. The van der Waals surface area contributed by atoms with Crippen molar-refractivity contribution in [1.82, 2.24) is 10.6 Å². The van der Waals surface area contributed by atoms with Crippen LogP contribution in [0.5, 0.6) is 0 Å². The van der Waals surface area contributed by atoms with Crippen LogP contribution in [-0.4, -0.2) is 53.1 Å². The monoisotopic (exact) mass is 288 g/mol. The largest absolute Gasteiger partial charge is 0.480 e. The van der Waals surface area contributed by atoms with Crippen LogP contribution in [0.2, 0.25) is 0 Å². The lowest BCUT2D eigenvalue weighted by Crippen LogP contribution is -2.64. The second-order valence-corrected chi connectivity index (χ2v) is 5.73. The van der Waals surface area contributed by atoms with Crippen molar-refractivity contribution in [3.63, 3.8) is 0 Å². The topological polar surface area (TPSA) is 108 Å². The molecule has 4 atom stereocenters. The smallest absolute Gasteiger partial charge is 0.328 e. The standard InChI is InChI=1S/C13H24N2O5/c1-5-20-9-6-8(13(9,3)4)14-12(19)15-10(7(2)16)11(17)18/h7-10,16H,5-6H2,1-4H3,(H,17,18)(H2,14,15,19). The van der Waals surface area contributed by atoms with E-state index in [0.717, 1.165) is 0 Å². The normalized spacial score (nSPS) is 27.1. The number of urea groups is 1. The van der Waals surface area contributed by atoms with E-state index in [-0.39, 0.29) is 17.6 Å². The molecule has 0 spiro atoms. The number of aliphatic hydroxyl groups is 1. The van der Waals surface area contributed by atoms with E-state index in [1.807, 2.05) is 20.8 Å². The third-order valence-corrected chi connectivity index (χ3v) is 3.89. The number of hydrogen-bond acceptors (Lipinski definition) is 4. The van der Waals surface area contributed by atoms with Crippen molar-refractivity contribution in [3.8, 4) is 0 Å². The molecule has 0 aromatic carbocycles. The first-order valence-corrected chi connectivity index (χ1v) is 6.79. The predicted molar refractivity (Wildman–Crippen MR) is 72.4 cm³/mol. The molecule has 0 radical (unpaired) electrons. The summed E-state index contributed by atoms with van der Waals surface area (Å²) in [6.07, 6.45) is -0.380. The van der Waals surface area contributed by atoms with Crippen molar-refractivity contribution in [3.05, 3.63) is 0 Å². The molecule has 0 aromatic heterocycles. The number of carbonyl (C=O) groups is 2. The summed E-state index contributed by atoms with van der Waals surface area (Å²) in [5.41, 5.74) is -0.198. The summed E-state index contributed by atoms with van der Waals surface area (Å²) < 4.78 is 5.56. The molecule has 2 amide bonds. The number of amides is 2. The van der Waals surface area contributed by atoms with Gasteiger partial charge >= 0.3 is 12.0 Å². The van der Waals surface area contributed by atoms with Crippen LogP contribution in [0.25, 0.3) is 0 Å². The van der Waals surface area contributed by atoms with Gasteiger partial charge in [-0.3, -0.25) is 0 Å². The van der Waals surface area contributed by atoms with Crippen LogP contribution < -0.4 is 10.6 Å². The molecule has 1 aliphatic carbocycles. The Morgan fingerprint density at radius 1 is 1.45 bits per heavy atom. The first kappa shape index (κ1) is 16.7. The second kappa shape index (κ2) is 6.41. The Balaban J connectivity index is 2.50. The number of aliphatic hydroxyl groups excluding tert-OH is 1. The summed E-state index contributed by atoms with van der Waals surface area (Å²) in [6, 6.07) is -1.99. The molecule has 0 aliphatic heterocycles. The van der Waals surface area contributed by atoms with Gasteiger partial charge in [0.25, 0.3) is 0 Å². The number of rotatable bonds is 6. The molecule has 1 aliphatic rings. The van der Waals surface area contributed by atoms with E-state index in [4.69, 9.17) is 9.84 Å². The van der Waals surface area contributed by atoms with E-state index in [2.05, 4.69) is 10.6 Å². The molecule has 1 saturated carbocycles. The minimum Gasteiger partial charge on any atom is -0.480 e. The van der Waals surface area contributed by atoms with E-state index in [1.54, 1.807) is 0 Å². The van der Waals surface area contributed by atoms with Gasteiger partial charge in [0.05, 0.1) is 12.2 Å². The maximum absolute atomic E-state index is 11.8. The van der Waals surface area contributed by atoms with Crippen LogP contribution in [-0.2, 0) is 9.53 Å². The van der Waals surface area contributed by atoms with Crippen molar-refractivity contribution >= 4 is 12.0 Å². The molecule has 7 heteroatoms. The van der Waals surface area contributed by atoms with Crippen LogP contribution in [0.4, 0.5) is 4.79 Å². The van der Waals surface area contributed by atoms with Gasteiger partial charge in [0, 0.05) is 18.1 Å². The number of aliphatic carboxylic acids is 1. The highest BCUT2D eigenvalue weighted by molar-refractivity contribution is 5.83. The van der Waals surface area contributed by atoms with Crippen molar-refractivity contribution in [1.29, 1.82) is 0 Å². The Morgan fingerprint density at radius 3 is 2.45 bits per heavy atom. The quantitative estimate of drug-likeness (QED) is 0.563. The Kier molecular flexibility index (Phi) is 5.35. The van der Waals surface area contributed by atoms with E-state index in [1.165, 1.54) is 6.92 Å². The van der Waals surface area contributed by atoms with Gasteiger partial charge in [0.1, 0.15) is 0 Å². The van der Waals surface area contributed by atoms with Crippen molar-refractivity contribution in [2.24, 2.45) is 5.41 Å². The Morgan fingerprint density at radius 2 is 2.05 bits per heavy atom. The van der Waals surface area contributed by atoms with Gasteiger partial charge in [-0.25, -0.2) is 9.59 Å². The van der Waals surface area contributed by atoms with Crippen LogP contribution in [0.3, 0.4) is 0 Å². The zero-order valence-corrected chi connectivity index (χ0v) is 12.3. The molecular weight excluding hydrogens is 264 g/mol. The van der Waals surface area contributed by atoms with Gasteiger partial charge in [-0.1, -0.05) is 13.8 Å². The van der Waals surface area contributed by atoms with Crippen LogP contribution >= 0.6 is 0 Å². The van der Waals surface area contributed by atoms with Crippen molar-refractivity contribution < 1.29 is 24.5 Å². The number of carboxylic acid groups (broad SMARTS) is 1. The minimum atomic E-state index is -1.32. The molecule has 0 saturated heterocycles. The molecule has 4 unspecified atom stereocenters. The molecule has 1 fully saturated rings. The van der Waals surface area contributed by atoms with Gasteiger partial charge in [0.2, 0.25) is 0 Å². The fourth-order valence-electron chi connectivity index (χ4n) is 2.34. The lowest BCUT2D eigenvalue weighted by molar-refractivity contribution is -0.141. The number of ether oxygens (including phenoxy) is 1. The van der Waals surface area contributed by atoms with Crippen LogP contribution in [0, 0.1) is 5.41 Å². The maximum Gasteiger partial charge on any atom is 0.328 e. The maximum atomic E-state index is 11.8. The molecule has 0 heterocycles. The van der Waals surface area contributed by atoms with Gasteiger partial charge in [0.15, 0.2) is 6.04 Å². The summed E-state index contributed by atoms with van der Waals surface area (Å²) in [4.78, 5) is 22.7. The average Bonchev–Trinajstić information content (AvgIpc) is 2.34. The van der Waals surface area contributed by atoms with Crippen LogP contribution in [0.1, 0.15) is 34.1 Å². The first-order chi connectivity index (χ1) is 9.20. The number of carboxylic acids is 1. The minimum absolute atomic E-state index is 0.0810. The van der Waals surface area contributed by atoms with Crippen molar-refractivity contribution in [2.45, 2.75) is 58.4 Å². The number of hydrogen-bond donors (Lipinski definition) is 4. The summed E-state index contributed by atoms with van der Waals surface area (Å²) in [5, 5.41) is 23.2. The third-order valence-electron chi connectivity index (χ3n) is 3.89. The molecule has 0 aromatic rings. The summed E-state index contributed by atoms with van der Waals surface area (Å²) >= 11 is 0. The van der Waals surface area contributed by atoms with Gasteiger partial charge in [-0.05, 0) is 20.3 Å². The lowest BCUT2D eigenvalue weighted by Gasteiger charge is -2.51. The number of carbonyl (C=O) groups excluding carboxylic acids is 1. The fraction of sp³-hybridized carbons (Fsp3) is 0.846. The van der Waals surface area contributed by atoms with Gasteiger partial charge in [-0.15, -0.1) is 0 Å². The van der Waals surface area contributed by atoms with Crippen molar-refractivity contribution in [2.75, 3.05) is 6.61 Å². The zero-order valence-electron chi connectivity index (χ0n) is 12.3. The third kappa shape index (κ3) is 3.61. The Bertz CT molecular complexity index is 370. The summed E-state index contributed by atoms with van der Waals surface area (Å²) in [6.45, 7) is 7.84. The highest BCUT2D eigenvalue weighted by Gasteiger charge is 2.49. The molecule has 1 rings (SSSR count). The highest BCUT2D eigenvalue weighted by atomic mass is 16.5. The van der Waals surface area contributed by atoms with E-state index in [0.29, 0.717) is 13.0 Å². The average molecular weight is 288 g/mol. The fourth-order valence-corrected chi connectivity index (χ4v) is 2.34. The number of nitrogens with one attached hydrogen (secondary N) is 2. The molecule has 7 nitrogen and oxygen atoms in total. The van der Waals surface area contributed by atoms with E-state index < -0.39 is 24.1 Å². The van der Waals surface area contributed by atoms with Gasteiger partial charge < -0.3 is 25.6 Å². The summed E-state index contributed by atoms with van der Waals surface area (Å²) in [7, 11) is 0. The van der Waals surface area contributed by atoms with E-state index >= 15 is 0 Å². The lowest BCUT2D eigenvalue weighted by atomic mass is 9.64. The molecular formula is C13H24N2O5. The Hall–Kier alpha value is -1.34. The first-order valence-electron chi connectivity index (χ1n) is 6.79. The van der Waals surface area contributed by atoms with E-state index in [9.17, 15) is 14.7 Å². The van der Waals surface area contributed by atoms with Crippen LogP contribution in [0.15, 0.2) is 0 Å². The second-order valence-electron chi connectivity index (χ2n) is 5.73. The van der Waals surface area contributed by atoms with Gasteiger partial charge in [-0.2, -0.15) is 0 Å².